The normalized spacial score (nSPS) is 11.4. The number of methoxy groups -OCH3 is 1. The Balaban J connectivity index is 2.95. The van der Waals surface area contributed by atoms with Gasteiger partial charge in [0, 0.05) is 12.7 Å². The van der Waals surface area contributed by atoms with Crippen LogP contribution in [0.5, 0.6) is 0 Å². The van der Waals surface area contributed by atoms with Gasteiger partial charge in [0.25, 0.3) is 5.91 Å². The lowest BCUT2D eigenvalue weighted by Crippen LogP contribution is -2.38. The van der Waals surface area contributed by atoms with E-state index in [2.05, 4.69) is 17.2 Å². The van der Waals surface area contributed by atoms with E-state index in [1.54, 1.807) is 7.11 Å². The van der Waals surface area contributed by atoms with E-state index in [9.17, 15) is 9.18 Å². The Labute approximate surface area is 124 Å². The van der Waals surface area contributed by atoms with Crippen molar-refractivity contribution < 1.29 is 19.0 Å². The van der Waals surface area contributed by atoms with E-state index in [0.29, 0.717) is 6.61 Å². The Morgan fingerprint density at radius 3 is 2.90 bits per heavy atom. The third kappa shape index (κ3) is 5.54. The SMILES string of the molecule is CCCC(COC)NC(=O)c1ccc(F)cc1C#CCO. The summed E-state index contributed by atoms with van der Waals surface area (Å²) in [7, 11) is 1.57. The zero-order chi connectivity index (χ0) is 15.7. The number of carbonyl (C=O) groups is 1. The molecule has 1 unspecified atom stereocenters. The van der Waals surface area contributed by atoms with Crippen molar-refractivity contribution in [2.24, 2.45) is 0 Å². The number of amides is 1. The van der Waals surface area contributed by atoms with Crippen molar-refractivity contribution >= 4 is 5.91 Å². The summed E-state index contributed by atoms with van der Waals surface area (Å²) in [5.74, 6) is 4.21. The number of carbonyl (C=O) groups excluding carboxylic acids is 1. The topological polar surface area (TPSA) is 58.6 Å². The maximum absolute atomic E-state index is 13.3. The molecule has 0 bridgehead atoms. The summed E-state index contributed by atoms with van der Waals surface area (Å²) < 4.78 is 18.3. The highest BCUT2D eigenvalue weighted by molar-refractivity contribution is 5.96. The molecule has 0 heterocycles. The van der Waals surface area contributed by atoms with Gasteiger partial charge in [0.05, 0.1) is 18.2 Å². The van der Waals surface area contributed by atoms with E-state index >= 15 is 0 Å². The molecule has 0 saturated carbocycles. The summed E-state index contributed by atoms with van der Waals surface area (Å²) >= 11 is 0. The Bertz CT molecular complexity index is 528. The van der Waals surface area contributed by atoms with Crippen molar-refractivity contribution in [1.82, 2.24) is 5.32 Å². The molecular formula is C16H20FNO3. The Kier molecular flexibility index (Phi) is 7.44. The molecule has 4 nitrogen and oxygen atoms in total. The molecule has 0 aliphatic carbocycles. The second-order valence-electron chi connectivity index (χ2n) is 4.56. The van der Waals surface area contributed by atoms with Crippen LogP contribution >= 0.6 is 0 Å². The lowest BCUT2D eigenvalue weighted by molar-refractivity contribution is 0.0891. The maximum Gasteiger partial charge on any atom is 0.252 e. The monoisotopic (exact) mass is 293 g/mol. The van der Waals surface area contributed by atoms with Gasteiger partial charge in [0.2, 0.25) is 0 Å². The van der Waals surface area contributed by atoms with Gasteiger partial charge in [0.1, 0.15) is 12.4 Å². The molecule has 1 aromatic rings. The molecule has 114 valence electrons. The first-order valence-electron chi connectivity index (χ1n) is 6.81. The molecule has 21 heavy (non-hydrogen) atoms. The number of aliphatic hydroxyl groups excluding tert-OH is 1. The number of benzene rings is 1. The molecule has 0 spiro atoms. The number of hydrogen-bond acceptors (Lipinski definition) is 3. The van der Waals surface area contributed by atoms with Gasteiger partial charge in [-0.3, -0.25) is 4.79 Å². The van der Waals surface area contributed by atoms with Crippen LogP contribution in [-0.2, 0) is 4.74 Å². The van der Waals surface area contributed by atoms with E-state index in [0.717, 1.165) is 12.8 Å². The average Bonchev–Trinajstić information content (AvgIpc) is 2.45. The lowest BCUT2D eigenvalue weighted by Gasteiger charge is -2.17. The van der Waals surface area contributed by atoms with E-state index in [4.69, 9.17) is 9.84 Å². The largest absolute Gasteiger partial charge is 0.384 e. The molecule has 0 aromatic heterocycles. The fourth-order valence-corrected chi connectivity index (χ4v) is 1.96. The molecule has 0 fully saturated rings. The quantitative estimate of drug-likeness (QED) is 0.785. The first kappa shape index (κ1) is 17.2. The van der Waals surface area contributed by atoms with Crippen molar-refractivity contribution in [2.75, 3.05) is 20.3 Å². The van der Waals surface area contributed by atoms with Crippen LogP contribution in [0.3, 0.4) is 0 Å². The van der Waals surface area contributed by atoms with E-state index in [1.807, 2.05) is 6.92 Å². The third-order valence-electron chi connectivity index (χ3n) is 2.87. The molecular weight excluding hydrogens is 273 g/mol. The van der Waals surface area contributed by atoms with Crippen molar-refractivity contribution in [2.45, 2.75) is 25.8 Å². The molecule has 0 saturated heterocycles. The van der Waals surface area contributed by atoms with Crippen LogP contribution in [0.25, 0.3) is 0 Å². The van der Waals surface area contributed by atoms with Crippen LogP contribution in [0, 0.1) is 17.7 Å². The van der Waals surface area contributed by atoms with Gasteiger partial charge in [-0.15, -0.1) is 0 Å². The third-order valence-corrected chi connectivity index (χ3v) is 2.87. The number of aliphatic hydroxyl groups is 1. The zero-order valence-corrected chi connectivity index (χ0v) is 12.3. The van der Waals surface area contributed by atoms with Crippen LogP contribution in [0.15, 0.2) is 18.2 Å². The number of ether oxygens (including phenoxy) is 1. The summed E-state index contributed by atoms with van der Waals surface area (Å²) in [6, 6.07) is 3.69. The fourth-order valence-electron chi connectivity index (χ4n) is 1.96. The van der Waals surface area contributed by atoms with Gasteiger partial charge < -0.3 is 15.2 Å². The number of hydrogen-bond donors (Lipinski definition) is 2. The van der Waals surface area contributed by atoms with Crippen LogP contribution < -0.4 is 5.32 Å². The minimum atomic E-state index is -0.476. The van der Waals surface area contributed by atoms with Crippen LogP contribution in [0.2, 0.25) is 0 Å². The summed E-state index contributed by atoms with van der Waals surface area (Å²) in [5, 5.41) is 11.6. The molecule has 0 aliphatic heterocycles. The van der Waals surface area contributed by atoms with Crippen molar-refractivity contribution in [3.63, 3.8) is 0 Å². The maximum atomic E-state index is 13.3. The first-order valence-corrected chi connectivity index (χ1v) is 6.81. The highest BCUT2D eigenvalue weighted by Gasteiger charge is 2.16. The highest BCUT2D eigenvalue weighted by Crippen LogP contribution is 2.11. The summed E-state index contributed by atoms with van der Waals surface area (Å²) in [6.45, 7) is 2.09. The fraction of sp³-hybridized carbons (Fsp3) is 0.438. The second kappa shape index (κ2) is 9.11. The predicted octanol–water partition coefficient (Wildman–Crippen LogP) is 1.71. The Hall–Kier alpha value is -1.90. The van der Waals surface area contributed by atoms with Gasteiger partial charge >= 0.3 is 0 Å². The average molecular weight is 293 g/mol. The summed E-state index contributed by atoms with van der Waals surface area (Å²) in [4.78, 5) is 12.3. The van der Waals surface area contributed by atoms with Crippen LogP contribution in [-0.4, -0.2) is 37.4 Å². The van der Waals surface area contributed by atoms with Gasteiger partial charge in [-0.2, -0.15) is 0 Å². The van der Waals surface area contributed by atoms with E-state index in [1.165, 1.54) is 18.2 Å². The molecule has 1 amide bonds. The molecule has 0 radical (unpaired) electrons. The Morgan fingerprint density at radius 1 is 1.52 bits per heavy atom. The molecule has 1 aromatic carbocycles. The summed E-state index contributed by atoms with van der Waals surface area (Å²) in [6.07, 6.45) is 1.70. The van der Waals surface area contributed by atoms with Gasteiger partial charge in [0.15, 0.2) is 0 Å². The number of rotatable bonds is 6. The van der Waals surface area contributed by atoms with Crippen LogP contribution in [0.1, 0.15) is 35.7 Å². The van der Waals surface area contributed by atoms with Crippen molar-refractivity contribution in [3.8, 4) is 11.8 Å². The lowest BCUT2D eigenvalue weighted by atomic mass is 10.1. The predicted molar refractivity (Wildman–Crippen MR) is 78.4 cm³/mol. The zero-order valence-electron chi connectivity index (χ0n) is 12.3. The molecule has 5 heteroatoms. The highest BCUT2D eigenvalue weighted by atomic mass is 19.1. The smallest absolute Gasteiger partial charge is 0.252 e. The first-order chi connectivity index (χ1) is 10.1. The molecule has 0 aliphatic rings. The second-order valence-corrected chi connectivity index (χ2v) is 4.56. The van der Waals surface area contributed by atoms with Gasteiger partial charge in [-0.1, -0.05) is 25.2 Å². The standard InChI is InChI=1S/C16H20FNO3/c1-3-5-14(11-21-2)18-16(20)15-8-7-13(17)10-12(15)6-4-9-19/h7-8,10,14,19H,3,5,9,11H2,1-2H3,(H,18,20). The number of halogens is 1. The number of nitrogens with one attached hydrogen (secondary N) is 1. The minimum absolute atomic E-state index is 0.101. The molecule has 2 N–H and O–H groups in total. The summed E-state index contributed by atoms with van der Waals surface area (Å²) in [5.41, 5.74) is 0.545. The van der Waals surface area contributed by atoms with Crippen LogP contribution in [0.4, 0.5) is 4.39 Å². The van der Waals surface area contributed by atoms with Gasteiger partial charge in [-0.25, -0.2) is 4.39 Å². The molecule has 1 atom stereocenters. The van der Waals surface area contributed by atoms with Crippen molar-refractivity contribution in [3.05, 3.63) is 35.1 Å². The van der Waals surface area contributed by atoms with Gasteiger partial charge in [-0.05, 0) is 24.6 Å². The Morgan fingerprint density at radius 2 is 2.29 bits per heavy atom. The van der Waals surface area contributed by atoms with E-state index < -0.39 is 5.82 Å². The minimum Gasteiger partial charge on any atom is -0.384 e. The van der Waals surface area contributed by atoms with E-state index in [-0.39, 0.29) is 29.7 Å². The van der Waals surface area contributed by atoms with Crippen molar-refractivity contribution in [1.29, 1.82) is 0 Å². The molecule has 1 rings (SSSR count).